The van der Waals surface area contributed by atoms with E-state index in [4.69, 9.17) is 4.52 Å². The predicted octanol–water partition coefficient (Wildman–Crippen LogP) is 1.57. The van der Waals surface area contributed by atoms with E-state index in [-0.39, 0.29) is 55.6 Å². The SMILES string of the molecule is O=C(CCN1CCC(=O)NC1=O)NCc1cc(-c2ccc(F)cc2F)on1. The zero-order chi connectivity index (χ0) is 19.4. The van der Waals surface area contributed by atoms with Gasteiger partial charge in [-0.25, -0.2) is 13.6 Å². The molecule has 1 aliphatic heterocycles. The third kappa shape index (κ3) is 4.66. The van der Waals surface area contributed by atoms with Crippen molar-refractivity contribution in [3.8, 4) is 11.3 Å². The molecule has 2 N–H and O–H groups in total. The van der Waals surface area contributed by atoms with Gasteiger partial charge in [0.15, 0.2) is 5.76 Å². The number of hydrogen-bond acceptors (Lipinski definition) is 5. The average molecular weight is 378 g/mol. The Kier molecular flexibility index (Phi) is 5.43. The highest BCUT2D eigenvalue weighted by atomic mass is 19.1. The van der Waals surface area contributed by atoms with Crippen LogP contribution in [0.5, 0.6) is 0 Å². The molecule has 27 heavy (non-hydrogen) atoms. The van der Waals surface area contributed by atoms with Gasteiger partial charge in [-0.1, -0.05) is 5.16 Å². The van der Waals surface area contributed by atoms with E-state index >= 15 is 0 Å². The second kappa shape index (κ2) is 7.94. The lowest BCUT2D eigenvalue weighted by atomic mass is 10.1. The number of benzene rings is 1. The summed E-state index contributed by atoms with van der Waals surface area (Å²) in [4.78, 5) is 35.9. The number of carbonyl (C=O) groups excluding carboxylic acids is 3. The van der Waals surface area contributed by atoms with Crippen molar-refractivity contribution in [2.75, 3.05) is 13.1 Å². The van der Waals surface area contributed by atoms with E-state index in [1.54, 1.807) is 0 Å². The summed E-state index contributed by atoms with van der Waals surface area (Å²) in [5.41, 5.74) is 0.426. The third-order valence-corrected chi connectivity index (χ3v) is 3.97. The molecule has 142 valence electrons. The maximum Gasteiger partial charge on any atom is 0.324 e. The molecular weight excluding hydrogens is 362 g/mol. The van der Waals surface area contributed by atoms with Gasteiger partial charge in [0, 0.05) is 38.1 Å². The number of nitrogens with zero attached hydrogens (tertiary/aromatic N) is 2. The Bertz CT molecular complexity index is 884. The van der Waals surface area contributed by atoms with Crippen LogP contribution in [0.2, 0.25) is 0 Å². The maximum absolute atomic E-state index is 13.7. The number of amides is 4. The Labute approximate surface area is 152 Å². The Morgan fingerprint density at radius 1 is 1.30 bits per heavy atom. The van der Waals surface area contributed by atoms with Crippen LogP contribution in [0.3, 0.4) is 0 Å². The lowest BCUT2D eigenvalue weighted by molar-refractivity contribution is -0.121. The number of halogens is 2. The number of urea groups is 1. The topological polar surface area (TPSA) is 105 Å². The van der Waals surface area contributed by atoms with Gasteiger partial charge in [0.2, 0.25) is 11.8 Å². The molecule has 0 bridgehead atoms. The van der Waals surface area contributed by atoms with Crippen molar-refractivity contribution in [1.82, 2.24) is 20.7 Å². The van der Waals surface area contributed by atoms with Crippen LogP contribution in [0.1, 0.15) is 18.5 Å². The summed E-state index contributed by atoms with van der Waals surface area (Å²) >= 11 is 0. The maximum atomic E-state index is 13.7. The van der Waals surface area contributed by atoms with Crippen LogP contribution in [-0.4, -0.2) is 41.0 Å². The largest absolute Gasteiger partial charge is 0.356 e. The van der Waals surface area contributed by atoms with Gasteiger partial charge in [-0.2, -0.15) is 0 Å². The fraction of sp³-hybridized carbons (Fsp3) is 0.294. The Morgan fingerprint density at radius 3 is 2.85 bits per heavy atom. The van der Waals surface area contributed by atoms with E-state index in [0.29, 0.717) is 5.69 Å². The highest BCUT2D eigenvalue weighted by molar-refractivity contribution is 5.96. The number of hydrogen-bond donors (Lipinski definition) is 2. The molecule has 2 aromatic rings. The summed E-state index contributed by atoms with van der Waals surface area (Å²) in [6.07, 6.45) is 0.258. The van der Waals surface area contributed by atoms with Crippen molar-refractivity contribution in [3.05, 3.63) is 41.6 Å². The van der Waals surface area contributed by atoms with Gasteiger partial charge >= 0.3 is 6.03 Å². The fourth-order valence-electron chi connectivity index (χ4n) is 2.54. The quantitative estimate of drug-likeness (QED) is 0.794. The summed E-state index contributed by atoms with van der Waals surface area (Å²) in [5.74, 6) is -2.02. The average Bonchev–Trinajstić information content (AvgIpc) is 3.08. The van der Waals surface area contributed by atoms with Gasteiger partial charge in [0.25, 0.3) is 0 Å². The predicted molar refractivity (Wildman–Crippen MR) is 88.0 cm³/mol. The van der Waals surface area contributed by atoms with Gasteiger partial charge in [0.05, 0.1) is 12.1 Å². The Balaban J connectivity index is 1.49. The van der Waals surface area contributed by atoms with Crippen molar-refractivity contribution in [1.29, 1.82) is 0 Å². The van der Waals surface area contributed by atoms with Gasteiger partial charge in [0.1, 0.15) is 17.3 Å². The first-order valence-corrected chi connectivity index (χ1v) is 8.19. The third-order valence-electron chi connectivity index (χ3n) is 3.97. The summed E-state index contributed by atoms with van der Waals surface area (Å²) in [6, 6.07) is 4.01. The van der Waals surface area contributed by atoms with E-state index in [2.05, 4.69) is 15.8 Å². The molecule has 4 amide bonds. The molecule has 2 heterocycles. The van der Waals surface area contributed by atoms with Crippen LogP contribution in [0.15, 0.2) is 28.8 Å². The first kappa shape index (κ1) is 18.5. The molecule has 3 rings (SSSR count). The lowest BCUT2D eigenvalue weighted by Crippen LogP contribution is -2.50. The number of carbonyl (C=O) groups is 3. The smallest absolute Gasteiger partial charge is 0.324 e. The number of nitrogens with one attached hydrogen (secondary N) is 2. The molecular formula is C17H16F2N4O4. The molecule has 10 heteroatoms. The normalized spacial score (nSPS) is 14.2. The van der Waals surface area contributed by atoms with Gasteiger partial charge in [-0.3, -0.25) is 14.9 Å². The molecule has 1 aliphatic rings. The van der Waals surface area contributed by atoms with Crippen LogP contribution in [0, 0.1) is 11.6 Å². The van der Waals surface area contributed by atoms with Crippen LogP contribution in [-0.2, 0) is 16.1 Å². The van der Waals surface area contributed by atoms with Crippen LogP contribution in [0.4, 0.5) is 13.6 Å². The van der Waals surface area contributed by atoms with Gasteiger partial charge < -0.3 is 14.7 Å². The zero-order valence-electron chi connectivity index (χ0n) is 14.1. The summed E-state index contributed by atoms with van der Waals surface area (Å²) in [6.45, 7) is 0.499. The van der Waals surface area contributed by atoms with E-state index in [1.165, 1.54) is 17.0 Å². The molecule has 1 fully saturated rings. The molecule has 0 radical (unpaired) electrons. The van der Waals surface area contributed by atoms with Gasteiger partial charge in [-0.05, 0) is 12.1 Å². The van der Waals surface area contributed by atoms with Crippen molar-refractivity contribution in [2.24, 2.45) is 0 Å². The Hall–Kier alpha value is -3.30. The van der Waals surface area contributed by atoms with Crippen LogP contribution < -0.4 is 10.6 Å². The minimum absolute atomic E-state index is 0.0514. The van der Waals surface area contributed by atoms with E-state index in [9.17, 15) is 23.2 Å². The molecule has 0 atom stereocenters. The minimum atomic E-state index is -0.778. The minimum Gasteiger partial charge on any atom is -0.356 e. The van der Waals surface area contributed by atoms with Crippen LogP contribution in [0.25, 0.3) is 11.3 Å². The second-order valence-electron chi connectivity index (χ2n) is 5.92. The molecule has 0 aliphatic carbocycles. The monoisotopic (exact) mass is 378 g/mol. The van der Waals surface area contributed by atoms with Crippen molar-refractivity contribution in [3.63, 3.8) is 0 Å². The van der Waals surface area contributed by atoms with Crippen molar-refractivity contribution < 1.29 is 27.7 Å². The first-order chi connectivity index (χ1) is 12.9. The second-order valence-corrected chi connectivity index (χ2v) is 5.92. The fourth-order valence-corrected chi connectivity index (χ4v) is 2.54. The van der Waals surface area contributed by atoms with Crippen molar-refractivity contribution in [2.45, 2.75) is 19.4 Å². The standard InChI is InChI=1S/C17H16F2N4O4/c18-10-1-2-12(13(19)7-10)14-8-11(22-27-14)9-20-15(24)3-5-23-6-4-16(25)21-17(23)26/h1-2,7-8H,3-6,9H2,(H,20,24)(H,21,25,26). The molecule has 8 nitrogen and oxygen atoms in total. The number of imide groups is 1. The molecule has 1 aromatic heterocycles. The summed E-state index contributed by atoms with van der Waals surface area (Å²) in [7, 11) is 0. The molecule has 1 aromatic carbocycles. The highest BCUT2D eigenvalue weighted by Gasteiger charge is 2.23. The molecule has 0 spiro atoms. The number of rotatable bonds is 6. The molecule has 0 saturated carbocycles. The van der Waals surface area contributed by atoms with E-state index in [0.717, 1.165) is 12.1 Å². The summed E-state index contributed by atoms with van der Waals surface area (Å²) < 4.78 is 31.7. The Morgan fingerprint density at radius 2 is 2.11 bits per heavy atom. The van der Waals surface area contributed by atoms with Crippen molar-refractivity contribution >= 4 is 17.8 Å². The first-order valence-electron chi connectivity index (χ1n) is 8.19. The van der Waals surface area contributed by atoms with E-state index in [1.807, 2.05) is 0 Å². The van der Waals surface area contributed by atoms with Crippen LogP contribution >= 0.6 is 0 Å². The highest BCUT2D eigenvalue weighted by Crippen LogP contribution is 2.24. The molecule has 1 saturated heterocycles. The summed E-state index contributed by atoms with van der Waals surface area (Å²) in [5, 5.41) is 8.52. The number of aromatic nitrogens is 1. The van der Waals surface area contributed by atoms with Gasteiger partial charge in [-0.15, -0.1) is 0 Å². The zero-order valence-corrected chi connectivity index (χ0v) is 14.1. The van der Waals surface area contributed by atoms with E-state index < -0.39 is 17.7 Å². The lowest BCUT2D eigenvalue weighted by Gasteiger charge is -2.26. The molecule has 0 unspecified atom stereocenters.